The summed E-state index contributed by atoms with van der Waals surface area (Å²) in [6.07, 6.45) is 5.56. The first kappa shape index (κ1) is 22.8. The summed E-state index contributed by atoms with van der Waals surface area (Å²) < 4.78 is 35.1. The number of amides is 1. The van der Waals surface area contributed by atoms with Crippen LogP contribution in [0, 0.1) is 5.92 Å². The van der Waals surface area contributed by atoms with Crippen molar-refractivity contribution in [1.29, 1.82) is 0 Å². The number of hydrazine groups is 1. The first-order valence-electron chi connectivity index (χ1n) is 11.6. The van der Waals surface area contributed by atoms with E-state index in [1.807, 2.05) is 0 Å². The molecule has 3 aliphatic heterocycles. The number of aliphatic hydroxyl groups excluding tert-OH is 1. The number of alkyl halides is 2. The Bertz CT molecular complexity index is 1020. The summed E-state index contributed by atoms with van der Waals surface area (Å²) in [7, 11) is 0. The van der Waals surface area contributed by atoms with Crippen LogP contribution in [-0.2, 0) is 9.53 Å². The number of ether oxygens (including phenoxy) is 1. The highest BCUT2D eigenvalue weighted by Gasteiger charge is 2.38. The molecule has 0 atom stereocenters. The van der Waals surface area contributed by atoms with Crippen molar-refractivity contribution in [2.24, 2.45) is 16.6 Å². The number of aromatic nitrogens is 2. The average molecular weight is 478 g/mol. The molecule has 4 aliphatic rings. The zero-order valence-electron chi connectivity index (χ0n) is 18.8. The van der Waals surface area contributed by atoms with Crippen molar-refractivity contribution in [3.8, 4) is 0 Å². The molecule has 5 rings (SSSR count). The summed E-state index contributed by atoms with van der Waals surface area (Å²) in [6.45, 7) is 2.69. The maximum Gasteiger partial charge on any atom is 0.284 e. The highest BCUT2D eigenvalue weighted by atomic mass is 19.3. The van der Waals surface area contributed by atoms with E-state index in [9.17, 15) is 18.7 Å². The predicted octanol–water partition coefficient (Wildman–Crippen LogP) is 1.54. The molecule has 0 radical (unpaired) electrons. The van der Waals surface area contributed by atoms with Crippen molar-refractivity contribution < 1.29 is 23.4 Å². The van der Waals surface area contributed by atoms with Crippen molar-refractivity contribution >= 4 is 17.4 Å². The molecule has 1 aliphatic carbocycles. The van der Waals surface area contributed by atoms with E-state index in [2.05, 4.69) is 15.0 Å². The van der Waals surface area contributed by atoms with Crippen LogP contribution in [0.5, 0.6) is 0 Å². The zero-order valence-corrected chi connectivity index (χ0v) is 18.8. The average Bonchev–Trinajstić information content (AvgIpc) is 3.46. The smallest absolute Gasteiger partial charge is 0.284 e. The Morgan fingerprint density at radius 1 is 1.24 bits per heavy atom. The van der Waals surface area contributed by atoms with E-state index in [0.29, 0.717) is 38.0 Å². The molecule has 10 nitrogen and oxygen atoms in total. The number of carbonyl (C=O) groups excluding carboxylic acids is 1. The van der Waals surface area contributed by atoms with Gasteiger partial charge in [0.1, 0.15) is 11.5 Å². The lowest BCUT2D eigenvalue weighted by atomic mass is 9.87. The summed E-state index contributed by atoms with van der Waals surface area (Å²) in [5.74, 6) is 0.631. The van der Waals surface area contributed by atoms with Crippen LogP contribution < -0.4 is 10.7 Å². The van der Waals surface area contributed by atoms with Gasteiger partial charge >= 0.3 is 0 Å². The van der Waals surface area contributed by atoms with Crippen LogP contribution in [-0.4, -0.2) is 76.0 Å². The topological polar surface area (TPSA) is 112 Å². The number of amidine groups is 1. The minimum Gasteiger partial charge on any atom is -0.396 e. The van der Waals surface area contributed by atoms with Crippen LogP contribution in [0.4, 0.5) is 14.5 Å². The SMILES string of the molecule is NC(=O)C1=C2N=C(N3CCOCC3)C=CN2N(c2cn(C3CCC(CO)CC3)nc2C(F)F)C1. The van der Waals surface area contributed by atoms with Crippen LogP contribution in [0.2, 0.25) is 0 Å². The van der Waals surface area contributed by atoms with Crippen molar-refractivity contribution in [2.45, 2.75) is 38.2 Å². The summed E-state index contributed by atoms with van der Waals surface area (Å²) in [4.78, 5) is 19.0. The Morgan fingerprint density at radius 3 is 2.62 bits per heavy atom. The van der Waals surface area contributed by atoms with Crippen LogP contribution in [0.1, 0.15) is 43.8 Å². The molecular weight excluding hydrogens is 448 g/mol. The number of primary amides is 1. The zero-order chi connectivity index (χ0) is 23.8. The van der Waals surface area contributed by atoms with Crippen LogP contribution in [0.15, 0.2) is 34.9 Å². The number of anilines is 1. The number of halogens is 2. The van der Waals surface area contributed by atoms with Crippen LogP contribution >= 0.6 is 0 Å². The van der Waals surface area contributed by atoms with E-state index in [0.717, 1.165) is 25.7 Å². The van der Waals surface area contributed by atoms with E-state index in [4.69, 9.17) is 10.5 Å². The molecule has 0 aromatic carbocycles. The van der Waals surface area contributed by atoms with E-state index >= 15 is 0 Å². The second-order valence-corrected chi connectivity index (χ2v) is 8.99. The van der Waals surface area contributed by atoms with Gasteiger partial charge in [0.15, 0.2) is 11.5 Å². The minimum absolute atomic E-state index is 0.0115. The quantitative estimate of drug-likeness (QED) is 0.662. The first-order valence-corrected chi connectivity index (χ1v) is 11.6. The van der Waals surface area contributed by atoms with Gasteiger partial charge in [0.25, 0.3) is 6.43 Å². The molecule has 0 spiro atoms. The normalized spacial score (nSPS) is 25.3. The number of aliphatic hydroxyl groups is 1. The maximum atomic E-state index is 14.0. The Labute approximate surface area is 195 Å². The molecule has 12 heteroatoms. The molecule has 3 N–H and O–H groups in total. The van der Waals surface area contributed by atoms with Gasteiger partial charge in [-0.05, 0) is 37.7 Å². The monoisotopic (exact) mass is 477 g/mol. The number of morpholine rings is 1. The van der Waals surface area contributed by atoms with Crippen molar-refractivity contribution in [2.75, 3.05) is 44.5 Å². The number of rotatable bonds is 5. The van der Waals surface area contributed by atoms with Crippen molar-refractivity contribution in [3.05, 3.63) is 35.6 Å². The lowest BCUT2D eigenvalue weighted by Crippen LogP contribution is -2.42. The molecule has 0 bridgehead atoms. The molecule has 1 aromatic heterocycles. The largest absolute Gasteiger partial charge is 0.396 e. The molecule has 2 fully saturated rings. The number of hydrogen-bond donors (Lipinski definition) is 2. The van der Waals surface area contributed by atoms with Gasteiger partial charge in [-0.25, -0.2) is 18.8 Å². The van der Waals surface area contributed by atoms with Gasteiger partial charge in [0, 0.05) is 25.9 Å². The van der Waals surface area contributed by atoms with E-state index in [1.165, 1.54) is 0 Å². The van der Waals surface area contributed by atoms with Crippen LogP contribution in [0.3, 0.4) is 0 Å². The third kappa shape index (κ3) is 4.16. The number of hydrogen-bond acceptors (Lipinski definition) is 8. The second kappa shape index (κ2) is 9.34. The fourth-order valence-electron chi connectivity index (χ4n) is 4.99. The fourth-order valence-corrected chi connectivity index (χ4v) is 4.99. The summed E-state index contributed by atoms with van der Waals surface area (Å²) in [6, 6.07) is -0.0115. The Kier molecular flexibility index (Phi) is 6.26. The molecule has 1 aromatic rings. The summed E-state index contributed by atoms with van der Waals surface area (Å²) in [5.41, 5.74) is 5.79. The molecule has 34 heavy (non-hydrogen) atoms. The molecule has 1 saturated heterocycles. The Balaban J connectivity index is 1.44. The molecule has 1 amide bonds. The summed E-state index contributed by atoms with van der Waals surface area (Å²) in [5, 5.41) is 16.8. The molecular formula is C22H29F2N7O3. The van der Waals surface area contributed by atoms with Crippen molar-refractivity contribution in [1.82, 2.24) is 19.7 Å². The van der Waals surface area contributed by atoms with Gasteiger partial charge in [0.05, 0.1) is 37.6 Å². The predicted molar refractivity (Wildman–Crippen MR) is 120 cm³/mol. The van der Waals surface area contributed by atoms with E-state index in [-0.39, 0.29) is 42.1 Å². The first-order chi connectivity index (χ1) is 16.5. The third-order valence-electron chi connectivity index (χ3n) is 6.95. The molecule has 1 saturated carbocycles. The maximum absolute atomic E-state index is 14.0. The van der Waals surface area contributed by atoms with Gasteiger partial charge < -0.3 is 20.5 Å². The lowest BCUT2D eigenvalue weighted by Gasteiger charge is -2.34. The Morgan fingerprint density at radius 2 is 1.97 bits per heavy atom. The third-order valence-corrected chi connectivity index (χ3v) is 6.95. The van der Waals surface area contributed by atoms with Gasteiger partial charge in [-0.1, -0.05) is 0 Å². The van der Waals surface area contributed by atoms with Gasteiger partial charge in [-0.3, -0.25) is 14.5 Å². The molecule has 4 heterocycles. The number of fused-ring (bicyclic) bond motifs is 1. The number of nitrogens with two attached hydrogens (primary N) is 1. The Hall–Kier alpha value is -2.99. The summed E-state index contributed by atoms with van der Waals surface area (Å²) >= 11 is 0. The standard InChI is InChI=1S/C22H29F2N7O3/c23-20(24)19-17(12-29(27-19)15-3-1-14(13-32)2-4-15)31-11-16(21(25)33)22-26-18(5-6-30(22)31)28-7-9-34-10-8-28/h5-6,12,14-15,20,32H,1-4,7-11,13H2,(H2,25,33). The highest BCUT2D eigenvalue weighted by molar-refractivity contribution is 5.98. The van der Waals surface area contributed by atoms with Crippen LogP contribution in [0.25, 0.3) is 0 Å². The molecule has 184 valence electrons. The van der Waals surface area contributed by atoms with Crippen molar-refractivity contribution in [3.63, 3.8) is 0 Å². The fraction of sp³-hybridized carbons (Fsp3) is 0.591. The highest BCUT2D eigenvalue weighted by Crippen LogP contribution is 2.39. The number of carbonyl (C=O) groups is 1. The molecule has 0 unspecified atom stereocenters. The van der Waals surface area contributed by atoms with Gasteiger partial charge in [-0.2, -0.15) is 5.10 Å². The lowest BCUT2D eigenvalue weighted by molar-refractivity contribution is -0.114. The van der Waals surface area contributed by atoms with E-state index in [1.54, 1.807) is 33.2 Å². The number of nitrogens with zero attached hydrogens (tertiary/aromatic N) is 6. The number of aliphatic imine (C=N–C) groups is 1. The van der Waals surface area contributed by atoms with Gasteiger partial charge in [-0.15, -0.1) is 0 Å². The van der Waals surface area contributed by atoms with E-state index < -0.39 is 12.3 Å². The second-order valence-electron chi connectivity index (χ2n) is 8.99. The van der Waals surface area contributed by atoms with Gasteiger partial charge in [0.2, 0.25) is 5.91 Å². The minimum atomic E-state index is -2.78.